The molecule has 1 aliphatic heterocycles. The van der Waals surface area contributed by atoms with Crippen molar-refractivity contribution in [3.05, 3.63) is 28.2 Å². The van der Waals surface area contributed by atoms with Crippen LogP contribution in [0.5, 0.6) is 5.75 Å². The Balaban J connectivity index is 1.89. The predicted molar refractivity (Wildman–Crippen MR) is 82.7 cm³/mol. The summed E-state index contributed by atoms with van der Waals surface area (Å²) >= 11 is 3.59. The zero-order valence-corrected chi connectivity index (χ0v) is 13.2. The molecule has 1 aromatic carbocycles. The van der Waals surface area contributed by atoms with Gasteiger partial charge in [0.25, 0.3) is 0 Å². The van der Waals surface area contributed by atoms with Crippen LogP contribution in [0, 0.1) is 0 Å². The van der Waals surface area contributed by atoms with Crippen LogP contribution in [-0.2, 0) is 6.54 Å². The van der Waals surface area contributed by atoms with E-state index in [0.717, 1.165) is 36.5 Å². The summed E-state index contributed by atoms with van der Waals surface area (Å²) in [6.45, 7) is 8.19. The lowest BCUT2D eigenvalue weighted by molar-refractivity contribution is 0.235. The van der Waals surface area contributed by atoms with Crippen molar-refractivity contribution in [3.8, 4) is 5.75 Å². The third-order valence-electron chi connectivity index (χ3n) is 3.47. The van der Waals surface area contributed by atoms with Crippen LogP contribution >= 0.6 is 15.9 Å². The van der Waals surface area contributed by atoms with Crippen LogP contribution < -0.4 is 10.1 Å². The lowest BCUT2D eigenvalue weighted by atomic mass is 10.2. The van der Waals surface area contributed by atoms with E-state index in [1.54, 1.807) is 0 Å². The number of benzene rings is 1. The predicted octanol–water partition coefficient (Wildman–Crippen LogP) is 3.03. The van der Waals surface area contributed by atoms with Crippen LogP contribution in [-0.4, -0.2) is 37.7 Å². The molecule has 1 N–H and O–H groups in total. The lowest BCUT2D eigenvalue weighted by Crippen LogP contribution is -2.25. The zero-order valence-electron chi connectivity index (χ0n) is 11.6. The fourth-order valence-corrected chi connectivity index (χ4v) is 2.92. The van der Waals surface area contributed by atoms with Crippen LogP contribution in [0.1, 0.15) is 25.3 Å². The second kappa shape index (κ2) is 7.88. The van der Waals surface area contributed by atoms with Gasteiger partial charge in [0.2, 0.25) is 0 Å². The Kier molecular flexibility index (Phi) is 6.14. The Morgan fingerprint density at radius 1 is 1.32 bits per heavy atom. The number of ether oxygens (including phenoxy) is 1. The normalized spacial score (nSPS) is 15.9. The average molecular weight is 327 g/mol. The fourth-order valence-electron chi connectivity index (χ4n) is 2.40. The summed E-state index contributed by atoms with van der Waals surface area (Å²) < 4.78 is 7.04. The third-order valence-corrected chi connectivity index (χ3v) is 4.09. The molecule has 0 amide bonds. The molecule has 1 fully saturated rings. The minimum atomic E-state index is 0.766. The Morgan fingerprint density at radius 2 is 2.11 bits per heavy atom. The van der Waals surface area contributed by atoms with Crippen molar-refractivity contribution in [3.63, 3.8) is 0 Å². The van der Waals surface area contributed by atoms with Crippen LogP contribution in [0.25, 0.3) is 0 Å². The number of hydrogen-bond acceptors (Lipinski definition) is 3. The Hall–Kier alpha value is -0.580. The summed E-state index contributed by atoms with van der Waals surface area (Å²) in [5.74, 6) is 0.989. The highest BCUT2D eigenvalue weighted by Crippen LogP contribution is 2.29. The van der Waals surface area contributed by atoms with Gasteiger partial charge in [-0.3, -0.25) is 4.90 Å². The van der Waals surface area contributed by atoms with Gasteiger partial charge in [0.15, 0.2) is 0 Å². The molecule has 1 heterocycles. The van der Waals surface area contributed by atoms with Crippen LogP contribution in [0.15, 0.2) is 22.7 Å². The minimum absolute atomic E-state index is 0.766. The highest BCUT2D eigenvalue weighted by molar-refractivity contribution is 9.10. The molecule has 0 radical (unpaired) electrons. The van der Waals surface area contributed by atoms with Gasteiger partial charge in [0, 0.05) is 18.7 Å². The minimum Gasteiger partial charge on any atom is -0.491 e. The molecular formula is C15H23BrN2O. The SMILES string of the molecule is CCNCc1cccc(Br)c1OCCN1CCCC1. The summed E-state index contributed by atoms with van der Waals surface area (Å²) in [6.07, 6.45) is 2.67. The Bertz CT molecular complexity index is 392. The van der Waals surface area contributed by atoms with E-state index in [0.29, 0.717) is 0 Å². The molecule has 106 valence electrons. The molecule has 0 saturated carbocycles. The number of halogens is 1. The van der Waals surface area contributed by atoms with E-state index >= 15 is 0 Å². The van der Waals surface area contributed by atoms with Gasteiger partial charge in [-0.05, 0) is 54.5 Å². The number of hydrogen-bond donors (Lipinski definition) is 1. The van der Waals surface area contributed by atoms with Gasteiger partial charge in [0.05, 0.1) is 4.47 Å². The first-order chi connectivity index (χ1) is 9.31. The molecule has 0 spiro atoms. The monoisotopic (exact) mass is 326 g/mol. The van der Waals surface area contributed by atoms with Crippen LogP contribution in [0.2, 0.25) is 0 Å². The molecule has 2 rings (SSSR count). The van der Waals surface area contributed by atoms with E-state index in [4.69, 9.17) is 4.74 Å². The fraction of sp³-hybridized carbons (Fsp3) is 0.600. The third kappa shape index (κ3) is 4.48. The average Bonchev–Trinajstić information content (AvgIpc) is 2.92. The smallest absolute Gasteiger partial charge is 0.138 e. The van der Waals surface area contributed by atoms with Gasteiger partial charge in [-0.1, -0.05) is 19.1 Å². The lowest BCUT2D eigenvalue weighted by Gasteiger charge is -2.17. The maximum Gasteiger partial charge on any atom is 0.138 e. The van der Waals surface area contributed by atoms with Gasteiger partial charge >= 0.3 is 0 Å². The topological polar surface area (TPSA) is 24.5 Å². The second-order valence-corrected chi connectivity index (χ2v) is 5.76. The summed E-state index contributed by atoms with van der Waals surface area (Å²) in [5.41, 5.74) is 1.22. The molecule has 0 aliphatic carbocycles. The molecule has 1 aromatic rings. The van der Waals surface area contributed by atoms with Crippen molar-refractivity contribution in [1.29, 1.82) is 0 Å². The van der Waals surface area contributed by atoms with Crippen molar-refractivity contribution in [2.24, 2.45) is 0 Å². The van der Waals surface area contributed by atoms with Gasteiger partial charge in [0.1, 0.15) is 12.4 Å². The quantitative estimate of drug-likeness (QED) is 0.833. The molecule has 19 heavy (non-hydrogen) atoms. The summed E-state index contributed by atoms with van der Waals surface area (Å²) in [5, 5.41) is 3.35. The van der Waals surface area contributed by atoms with Crippen LogP contribution in [0.4, 0.5) is 0 Å². The highest BCUT2D eigenvalue weighted by atomic mass is 79.9. The maximum atomic E-state index is 6.00. The summed E-state index contributed by atoms with van der Waals surface area (Å²) in [7, 11) is 0. The van der Waals surface area contributed by atoms with Gasteiger partial charge in [-0.25, -0.2) is 0 Å². The Morgan fingerprint density at radius 3 is 2.84 bits per heavy atom. The Labute approximate surface area is 124 Å². The zero-order chi connectivity index (χ0) is 13.5. The number of rotatable bonds is 7. The number of para-hydroxylation sites is 1. The number of nitrogens with zero attached hydrogens (tertiary/aromatic N) is 1. The summed E-state index contributed by atoms with van der Waals surface area (Å²) in [6, 6.07) is 6.23. The molecular weight excluding hydrogens is 304 g/mol. The first-order valence-electron chi connectivity index (χ1n) is 7.14. The molecule has 1 aliphatic rings. The van der Waals surface area contributed by atoms with Crippen molar-refractivity contribution >= 4 is 15.9 Å². The van der Waals surface area contributed by atoms with E-state index in [2.05, 4.69) is 45.2 Å². The molecule has 3 nitrogen and oxygen atoms in total. The number of likely N-dealkylation sites (tertiary alicyclic amines) is 1. The van der Waals surface area contributed by atoms with Crippen molar-refractivity contribution in [1.82, 2.24) is 10.2 Å². The van der Waals surface area contributed by atoms with Gasteiger partial charge in [-0.2, -0.15) is 0 Å². The van der Waals surface area contributed by atoms with E-state index < -0.39 is 0 Å². The first-order valence-corrected chi connectivity index (χ1v) is 7.94. The van der Waals surface area contributed by atoms with E-state index in [-0.39, 0.29) is 0 Å². The summed E-state index contributed by atoms with van der Waals surface area (Å²) in [4.78, 5) is 2.47. The largest absolute Gasteiger partial charge is 0.491 e. The first kappa shape index (κ1) is 14.8. The molecule has 0 atom stereocenters. The highest BCUT2D eigenvalue weighted by Gasteiger charge is 2.12. The molecule has 0 aromatic heterocycles. The molecule has 4 heteroatoms. The standard InChI is InChI=1S/C15H23BrN2O/c1-2-17-12-13-6-5-7-14(16)15(13)19-11-10-18-8-3-4-9-18/h5-7,17H,2-4,8-12H2,1H3. The van der Waals surface area contributed by atoms with Gasteiger partial charge in [-0.15, -0.1) is 0 Å². The second-order valence-electron chi connectivity index (χ2n) is 4.91. The van der Waals surface area contributed by atoms with Gasteiger partial charge < -0.3 is 10.1 Å². The van der Waals surface area contributed by atoms with E-state index in [1.807, 2.05) is 6.07 Å². The number of nitrogens with one attached hydrogen (secondary N) is 1. The van der Waals surface area contributed by atoms with E-state index in [9.17, 15) is 0 Å². The van der Waals surface area contributed by atoms with E-state index in [1.165, 1.54) is 31.5 Å². The van der Waals surface area contributed by atoms with Crippen molar-refractivity contribution in [2.45, 2.75) is 26.3 Å². The molecule has 0 unspecified atom stereocenters. The molecule has 1 saturated heterocycles. The van der Waals surface area contributed by atoms with Crippen molar-refractivity contribution < 1.29 is 4.74 Å². The van der Waals surface area contributed by atoms with Crippen LogP contribution in [0.3, 0.4) is 0 Å². The maximum absolute atomic E-state index is 6.00. The van der Waals surface area contributed by atoms with Crippen molar-refractivity contribution in [2.75, 3.05) is 32.8 Å². The molecule has 0 bridgehead atoms.